The highest BCUT2D eigenvalue weighted by Crippen LogP contribution is 2.11. The first kappa shape index (κ1) is 16.6. The molecule has 0 saturated heterocycles. The zero-order chi connectivity index (χ0) is 16.8. The van der Waals surface area contributed by atoms with Gasteiger partial charge in [-0.2, -0.15) is 0 Å². The lowest BCUT2D eigenvalue weighted by atomic mass is 10.1. The van der Waals surface area contributed by atoms with E-state index in [1.54, 1.807) is 6.07 Å². The number of esters is 1. The highest BCUT2D eigenvalue weighted by atomic mass is 19.1. The van der Waals surface area contributed by atoms with Crippen LogP contribution in [0.3, 0.4) is 0 Å². The highest BCUT2D eigenvalue weighted by molar-refractivity contribution is 5.95. The molecule has 0 aliphatic rings. The van der Waals surface area contributed by atoms with Gasteiger partial charge in [0.05, 0.1) is 6.42 Å². The molecule has 0 saturated carbocycles. The van der Waals surface area contributed by atoms with E-state index in [0.717, 1.165) is 6.07 Å². The van der Waals surface area contributed by atoms with Gasteiger partial charge < -0.3 is 10.1 Å². The van der Waals surface area contributed by atoms with Crippen molar-refractivity contribution in [1.29, 1.82) is 0 Å². The van der Waals surface area contributed by atoms with E-state index in [2.05, 4.69) is 5.32 Å². The van der Waals surface area contributed by atoms with Gasteiger partial charge in [0, 0.05) is 5.69 Å². The summed E-state index contributed by atoms with van der Waals surface area (Å²) in [6, 6.07) is 11.2. The fraction of sp³-hybridized carbons (Fsp3) is 0.176. The fourth-order valence-corrected chi connectivity index (χ4v) is 1.90. The van der Waals surface area contributed by atoms with Crippen LogP contribution in [0.25, 0.3) is 0 Å². The Labute approximate surface area is 132 Å². The van der Waals surface area contributed by atoms with Crippen LogP contribution in [0, 0.1) is 11.6 Å². The molecule has 0 radical (unpaired) electrons. The second kappa shape index (κ2) is 7.49. The molecule has 0 bridgehead atoms. The van der Waals surface area contributed by atoms with Gasteiger partial charge in [0.2, 0.25) is 0 Å². The quantitative estimate of drug-likeness (QED) is 0.862. The van der Waals surface area contributed by atoms with E-state index < -0.39 is 29.6 Å². The van der Waals surface area contributed by atoms with Crippen LogP contribution in [0.2, 0.25) is 0 Å². The molecule has 1 amide bonds. The third-order valence-corrected chi connectivity index (χ3v) is 3.06. The summed E-state index contributed by atoms with van der Waals surface area (Å²) in [4.78, 5) is 23.7. The van der Waals surface area contributed by atoms with Crippen molar-refractivity contribution < 1.29 is 23.1 Å². The van der Waals surface area contributed by atoms with Crippen LogP contribution in [0.4, 0.5) is 14.5 Å². The molecule has 0 spiro atoms. The molecule has 0 unspecified atom stereocenters. The predicted octanol–water partition coefficient (Wildman–Crippen LogP) is 3.08. The fourth-order valence-electron chi connectivity index (χ4n) is 1.90. The zero-order valence-corrected chi connectivity index (χ0v) is 12.4. The predicted molar refractivity (Wildman–Crippen MR) is 80.7 cm³/mol. The van der Waals surface area contributed by atoms with E-state index in [1.165, 1.54) is 43.3 Å². The van der Waals surface area contributed by atoms with Crippen molar-refractivity contribution in [3.05, 3.63) is 65.7 Å². The summed E-state index contributed by atoms with van der Waals surface area (Å²) >= 11 is 0. The summed E-state index contributed by atoms with van der Waals surface area (Å²) in [5.74, 6) is -2.33. The van der Waals surface area contributed by atoms with E-state index in [-0.39, 0.29) is 17.7 Å². The maximum Gasteiger partial charge on any atom is 0.311 e. The molecule has 6 heteroatoms. The van der Waals surface area contributed by atoms with E-state index in [0.29, 0.717) is 0 Å². The molecule has 2 aromatic rings. The van der Waals surface area contributed by atoms with Gasteiger partial charge in [0.25, 0.3) is 5.91 Å². The van der Waals surface area contributed by atoms with Crippen molar-refractivity contribution in [2.24, 2.45) is 0 Å². The normalized spacial score (nSPS) is 11.6. The molecule has 0 heterocycles. The number of carbonyl (C=O) groups excluding carboxylic acids is 2. The lowest BCUT2D eigenvalue weighted by Crippen LogP contribution is -2.30. The van der Waals surface area contributed by atoms with Gasteiger partial charge >= 0.3 is 5.97 Å². The first-order chi connectivity index (χ1) is 11.0. The lowest BCUT2D eigenvalue weighted by molar-refractivity contribution is -0.152. The van der Waals surface area contributed by atoms with Crippen molar-refractivity contribution in [2.75, 3.05) is 5.32 Å². The van der Waals surface area contributed by atoms with E-state index in [1.807, 2.05) is 0 Å². The Morgan fingerprint density at radius 1 is 1.13 bits per heavy atom. The molecule has 1 N–H and O–H groups in total. The molecule has 4 nitrogen and oxygen atoms in total. The first-order valence-corrected chi connectivity index (χ1v) is 6.95. The van der Waals surface area contributed by atoms with Crippen molar-refractivity contribution in [2.45, 2.75) is 19.4 Å². The summed E-state index contributed by atoms with van der Waals surface area (Å²) in [7, 11) is 0. The van der Waals surface area contributed by atoms with E-state index in [9.17, 15) is 18.4 Å². The number of anilines is 1. The zero-order valence-electron chi connectivity index (χ0n) is 12.4. The van der Waals surface area contributed by atoms with Gasteiger partial charge in [-0.15, -0.1) is 0 Å². The third-order valence-electron chi connectivity index (χ3n) is 3.06. The molecule has 2 rings (SSSR count). The minimum atomic E-state index is -1.09. The minimum Gasteiger partial charge on any atom is -0.452 e. The SMILES string of the molecule is C[C@@H](OC(=O)Cc1ccccc1F)C(=O)Nc1cccc(F)c1. The maximum atomic E-state index is 13.4. The second-order valence-corrected chi connectivity index (χ2v) is 4.90. The number of carbonyl (C=O) groups is 2. The van der Waals surface area contributed by atoms with Gasteiger partial charge in [-0.3, -0.25) is 9.59 Å². The number of hydrogen-bond acceptors (Lipinski definition) is 3. The van der Waals surface area contributed by atoms with Gasteiger partial charge in [0.15, 0.2) is 6.10 Å². The van der Waals surface area contributed by atoms with Crippen LogP contribution in [-0.4, -0.2) is 18.0 Å². The standard InChI is InChI=1S/C17H15F2NO3/c1-11(17(22)20-14-7-4-6-13(18)10-14)23-16(21)9-12-5-2-3-8-15(12)19/h2-8,10-11H,9H2,1H3,(H,20,22)/t11-/m1/s1. The van der Waals surface area contributed by atoms with Crippen LogP contribution < -0.4 is 5.32 Å². The molecule has 0 aliphatic heterocycles. The lowest BCUT2D eigenvalue weighted by Gasteiger charge is -2.13. The third kappa shape index (κ3) is 4.88. The number of ether oxygens (including phenoxy) is 1. The van der Waals surface area contributed by atoms with Crippen molar-refractivity contribution in [3.63, 3.8) is 0 Å². The number of hydrogen-bond donors (Lipinski definition) is 1. The topological polar surface area (TPSA) is 55.4 Å². The number of amides is 1. The number of benzene rings is 2. The van der Waals surface area contributed by atoms with Crippen LogP contribution in [0.1, 0.15) is 12.5 Å². The Morgan fingerprint density at radius 3 is 2.57 bits per heavy atom. The maximum absolute atomic E-state index is 13.4. The smallest absolute Gasteiger partial charge is 0.311 e. The summed E-state index contributed by atoms with van der Waals surface area (Å²) in [5, 5.41) is 2.43. The average Bonchev–Trinajstić information content (AvgIpc) is 2.49. The molecule has 0 fully saturated rings. The van der Waals surface area contributed by atoms with E-state index in [4.69, 9.17) is 4.74 Å². The Hall–Kier alpha value is -2.76. The number of halogens is 2. The molecule has 0 aliphatic carbocycles. The molecule has 2 aromatic carbocycles. The molecule has 23 heavy (non-hydrogen) atoms. The Balaban J connectivity index is 1.90. The van der Waals surface area contributed by atoms with Crippen LogP contribution in [-0.2, 0) is 20.7 Å². The van der Waals surface area contributed by atoms with Crippen LogP contribution in [0.5, 0.6) is 0 Å². The summed E-state index contributed by atoms with van der Waals surface area (Å²) in [5.41, 5.74) is 0.447. The average molecular weight is 319 g/mol. The van der Waals surface area contributed by atoms with Crippen LogP contribution in [0.15, 0.2) is 48.5 Å². The molecule has 1 atom stereocenters. The minimum absolute atomic E-state index is 0.190. The Bertz CT molecular complexity index is 718. The highest BCUT2D eigenvalue weighted by Gasteiger charge is 2.19. The Kier molecular flexibility index (Phi) is 5.41. The van der Waals surface area contributed by atoms with Crippen molar-refractivity contribution in [3.8, 4) is 0 Å². The molecular formula is C17H15F2NO3. The van der Waals surface area contributed by atoms with Crippen molar-refractivity contribution >= 4 is 17.6 Å². The van der Waals surface area contributed by atoms with Crippen LogP contribution >= 0.6 is 0 Å². The molecule has 120 valence electrons. The molecule has 0 aromatic heterocycles. The first-order valence-electron chi connectivity index (χ1n) is 6.95. The van der Waals surface area contributed by atoms with E-state index >= 15 is 0 Å². The Morgan fingerprint density at radius 2 is 1.87 bits per heavy atom. The van der Waals surface area contributed by atoms with Gasteiger partial charge in [0.1, 0.15) is 11.6 Å². The van der Waals surface area contributed by atoms with Crippen molar-refractivity contribution in [1.82, 2.24) is 0 Å². The summed E-state index contributed by atoms with van der Waals surface area (Å²) in [6.45, 7) is 1.38. The monoisotopic (exact) mass is 319 g/mol. The molecular weight excluding hydrogens is 304 g/mol. The second-order valence-electron chi connectivity index (χ2n) is 4.90. The summed E-state index contributed by atoms with van der Waals surface area (Å²) < 4.78 is 31.4. The van der Waals surface area contributed by atoms with Gasteiger partial charge in [-0.1, -0.05) is 24.3 Å². The van der Waals surface area contributed by atoms with Gasteiger partial charge in [-0.25, -0.2) is 8.78 Å². The number of nitrogens with one attached hydrogen (secondary N) is 1. The van der Waals surface area contributed by atoms with Gasteiger partial charge in [-0.05, 0) is 36.8 Å². The number of rotatable bonds is 5. The largest absolute Gasteiger partial charge is 0.452 e. The summed E-state index contributed by atoms with van der Waals surface area (Å²) in [6.07, 6.45) is -1.36.